The smallest absolute Gasteiger partial charge is 0.269 e. The maximum absolute atomic E-state index is 10.9. The summed E-state index contributed by atoms with van der Waals surface area (Å²) in [5, 5.41) is 17.7. The van der Waals surface area contributed by atoms with Crippen LogP contribution in [0.5, 0.6) is 0 Å². The minimum Gasteiger partial charge on any atom is -0.381 e. The monoisotopic (exact) mass is 448 g/mol. The van der Waals surface area contributed by atoms with Crippen LogP contribution in [0.15, 0.2) is 77.3 Å². The highest BCUT2D eigenvalue weighted by molar-refractivity contribution is 6.45. The van der Waals surface area contributed by atoms with Gasteiger partial charge in [0.1, 0.15) is 11.3 Å². The fourth-order valence-electron chi connectivity index (χ4n) is 2.30. The molecule has 0 saturated carbocycles. The van der Waals surface area contributed by atoms with Crippen LogP contribution in [-0.4, -0.2) is 16.3 Å². The number of halogens is 2. The molecule has 160 valence electrons. The van der Waals surface area contributed by atoms with Gasteiger partial charge in [-0.1, -0.05) is 53.6 Å². The molecule has 0 spiro atoms. The average Bonchev–Trinajstić information content (AvgIpc) is 2.72. The first-order valence-electron chi connectivity index (χ1n) is 9.26. The number of amidine groups is 1. The first-order valence-corrected chi connectivity index (χ1v) is 10.1. The Balaban J connectivity index is 0.00000141. The van der Waals surface area contributed by atoms with Crippen LogP contribution < -0.4 is 10.6 Å². The molecular formula is C22H26Cl2N4O2. The summed E-state index contributed by atoms with van der Waals surface area (Å²) in [5.74, 6) is 0.484. The fourth-order valence-corrected chi connectivity index (χ4v) is 2.49. The standard InChI is InChI=1S/C19H20Cl2N4O2.C3H6/c1-3-18(21)19(23-13(2)20)24-16-8-5-7-15(11-16)22-12-14-6-4-9-17(10-14)25(26)27;1-3-2/h3-11,13,22H,12H2,1-2H3,(H,23,24);3H,1H2,2H3/b18-3+;. The van der Waals surface area contributed by atoms with Gasteiger partial charge in [-0.25, -0.2) is 4.99 Å². The normalized spacial score (nSPS) is 12.3. The molecule has 30 heavy (non-hydrogen) atoms. The van der Waals surface area contributed by atoms with Gasteiger partial charge in [-0.2, -0.15) is 0 Å². The fraction of sp³-hybridized carbons (Fsp3) is 0.227. The SMILES string of the molecule is C/C=C(Cl)\C(=N/C(C)Cl)Nc1cccc(NCc2cccc([N+](=O)[O-])c2)c1.C=CC. The molecule has 0 heterocycles. The van der Waals surface area contributed by atoms with E-state index in [1.54, 1.807) is 31.2 Å². The molecule has 2 aromatic carbocycles. The molecule has 2 rings (SSSR count). The van der Waals surface area contributed by atoms with Crippen molar-refractivity contribution in [3.63, 3.8) is 0 Å². The quantitative estimate of drug-likeness (QED) is 0.0913. The first kappa shape index (κ1) is 25.2. The molecule has 6 nitrogen and oxygen atoms in total. The number of benzene rings is 2. The zero-order valence-corrected chi connectivity index (χ0v) is 18.7. The predicted molar refractivity (Wildman–Crippen MR) is 129 cm³/mol. The second kappa shape index (κ2) is 13.4. The van der Waals surface area contributed by atoms with E-state index in [2.05, 4.69) is 22.2 Å². The number of aliphatic imine (C=N–C) groups is 1. The van der Waals surface area contributed by atoms with Crippen molar-refractivity contribution in [1.82, 2.24) is 0 Å². The zero-order chi connectivity index (χ0) is 22.5. The van der Waals surface area contributed by atoms with Gasteiger partial charge in [0.25, 0.3) is 5.69 Å². The van der Waals surface area contributed by atoms with Crippen molar-refractivity contribution in [2.24, 2.45) is 4.99 Å². The number of hydrogen-bond donors (Lipinski definition) is 2. The zero-order valence-electron chi connectivity index (χ0n) is 17.2. The Kier molecular flexibility index (Phi) is 11.3. The Bertz CT molecular complexity index is 912. The lowest BCUT2D eigenvalue weighted by molar-refractivity contribution is -0.384. The van der Waals surface area contributed by atoms with Gasteiger partial charge in [-0.15, -0.1) is 6.58 Å². The van der Waals surface area contributed by atoms with Gasteiger partial charge < -0.3 is 10.6 Å². The number of alkyl halides is 1. The van der Waals surface area contributed by atoms with Crippen molar-refractivity contribution in [1.29, 1.82) is 0 Å². The van der Waals surface area contributed by atoms with Gasteiger partial charge in [0.2, 0.25) is 0 Å². The van der Waals surface area contributed by atoms with Gasteiger partial charge in [-0.3, -0.25) is 10.1 Å². The van der Waals surface area contributed by atoms with Gasteiger partial charge in [-0.05, 0) is 44.5 Å². The summed E-state index contributed by atoms with van der Waals surface area (Å²) in [6.45, 7) is 9.27. The molecule has 0 bridgehead atoms. The van der Waals surface area contributed by atoms with E-state index in [0.29, 0.717) is 17.4 Å². The summed E-state index contributed by atoms with van der Waals surface area (Å²) < 4.78 is 0. The molecule has 2 aromatic rings. The van der Waals surface area contributed by atoms with E-state index in [0.717, 1.165) is 16.9 Å². The Morgan fingerprint density at radius 2 is 1.87 bits per heavy atom. The van der Waals surface area contributed by atoms with Gasteiger partial charge in [0.15, 0.2) is 0 Å². The Morgan fingerprint density at radius 1 is 1.23 bits per heavy atom. The number of rotatable bonds is 7. The second-order valence-electron chi connectivity index (χ2n) is 6.08. The number of hydrogen-bond acceptors (Lipinski definition) is 4. The van der Waals surface area contributed by atoms with E-state index in [4.69, 9.17) is 23.2 Å². The molecule has 0 aromatic heterocycles. The van der Waals surface area contributed by atoms with Crippen LogP contribution in [0.2, 0.25) is 0 Å². The third-order valence-corrected chi connectivity index (χ3v) is 4.02. The van der Waals surface area contributed by atoms with Crippen molar-refractivity contribution >= 4 is 46.1 Å². The average molecular weight is 449 g/mol. The molecule has 0 aliphatic heterocycles. The number of non-ortho nitro benzene ring substituents is 1. The Morgan fingerprint density at radius 3 is 2.47 bits per heavy atom. The van der Waals surface area contributed by atoms with Crippen LogP contribution in [0.25, 0.3) is 0 Å². The van der Waals surface area contributed by atoms with E-state index < -0.39 is 10.4 Å². The summed E-state index contributed by atoms with van der Waals surface area (Å²) in [5.41, 5.74) is 2.10. The second-order valence-corrected chi connectivity index (χ2v) is 7.12. The molecule has 0 amide bonds. The lowest BCUT2D eigenvalue weighted by atomic mass is 10.2. The summed E-state index contributed by atoms with van der Waals surface area (Å²) in [7, 11) is 0. The highest BCUT2D eigenvalue weighted by Gasteiger charge is 2.08. The summed E-state index contributed by atoms with van der Waals surface area (Å²) in [6.07, 6.45) is 3.48. The van der Waals surface area contributed by atoms with Gasteiger partial charge in [0.05, 0.1) is 9.96 Å². The van der Waals surface area contributed by atoms with E-state index in [1.165, 1.54) is 6.07 Å². The third kappa shape index (κ3) is 9.11. The van der Waals surface area contributed by atoms with Gasteiger partial charge >= 0.3 is 0 Å². The minimum absolute atomic E-state index is 0.0711. The first-order chi connectivity index (χ1) is 14.3. The summed E-state index contributed by atoms with van der Waals surface area (Å²) in [6, 6.07) is 14.1. The van der Waals surface area contributed by atoms with Crippen LogP contribution in [0.3, 0.4) is 0 Å². The van der Waals surface area contributed by atoms with Crippen LogP contribution >= 0.6 is 23.2 Å². The largest absolute Gasteiger partial charge is 0.381 e. The number of allylic oxidation sites excluding steroid dienone is 2. The van der Waals surface area contributed by atoms with Crippen LogP contribution in [-0.2, 0) is 6.54 Å². The Labute approximate surface area is 187 Å². The molecule has 8 heteroatoms. The third-order valence-electron chi connectivity index (χ3n) is 3.53. The van der Waals surface area contributed by atoms with E-state index in [-0.39, 0.29) is 5.69 Å². The highest BCUT2D eigenvalue weighted by atomic mass is 35.5. The molecule has 1 atom stereocenters. The van der Waals surface area contributed by atoms with Crippen LogP contribution in [0, 0.1) is 10.1 Å². The van der Waals surface area contributed by atoms with E-state index in [9.17, 15) is 10.1 Å². The molecule has 0 radical (unpaired) electrons. The molecule has 0 aliphatic carbocycles. The predicted octanol–water partition coefficient (Wildman–Crippen LogP) is 6.94. The Hall–Kier alpha value is -2.83. The maximum atomic E-state index is 10.9. The summed E-state index contributed by atoms with van der Waals surface area (Å²) >= 11 is 12.1. The topological polar surface area (TPSA) is 79.6 Å². The van der Waals surface area contributed by atoms with E-state index in [1.807, 2.05) is 44.2 Å². The minimum atomic E-state index is -0.420. The summed E-state index contributed by atoms with van der Waals surface area (Å²) in [4.78, 5) is 14.7. The molecule has 1 unspecified atom stereocenters. The molecule has 0 fully saturated rings. The van der Waals surface area contributed by atoms with Crippen molar-refractivity contribution in [3.8, 4) is 0 Å². The van der Waals surface area contributed by atoms with Gasteiger partial charge in [0, 0.05) is 30.1 Å². The molecular weight excluding hydrogens is 423 g/mol. The van der Waals surface area contributed by atoms with Crippen molar-refractivity contribution < 1.29 is 4.92 Å². The lowest BCUT2D eigenvalue weighted by Crippen LogP contribution is -2.14. The highest BCUT2D eigenvalue weighted by Crippen LogP contribution is 2.20. The van der Waals surface area contributed by atoms with Crippen LogP contribution in [0.4, 0.5) is 17.1 Å². The molecule has 2 N–H and O–H groups in total. The number of anilines is 2. The molecule has 0 aliphatic rings. The van der Waals surface area contributed by atoms with Crippen molar-refractivity contribution in [2.45, 2.75) is 32.8 Å². The van der Waals surface area contributed by atoms with E-state index >= 15 is 0 Å². The van der Waals surface area contributed by atoms with Crippen molar-refractivity contribution in [2.75, 3.05) is 10.6 Å². The number of nitrogens with one attached hydrogen (secondary N) is 2. The number of nitro groups is 1. The van der Waals surface area contributed by atoms with Crippen LogP contribution in [0.1, 0.15) is 26.3 Å². The number of nitrogens with zero attached hydrogens (tertiary/aromatic N) is 2. The van der Waals surface area contributed by atoms with Crippen molar-refractivity contribution in [3.05, 3.63) is 88.0 Å². The lowest BCUT2D eigenvalue weighted by Gasteiger charge is -2.12. The maximum Gasteiger partial charge on any atom is 0.269 e. The molecule has 0 saturated heterocycles. The number of nitro benzene ring substituents is 1.